The SMILES string of the molecule is CC(=O)Nc1ccc(C#CCCCl)cc1. The highest BCUT2D eigenvalue weighted by molar-refractivity contribution is 6.18. The van der Waals surface area contributed by atoms with Gasteiger partial charge < -0.3 is 5.32 Å². The van der Waals surface area contributed by atoms with Gasteiger partial charge in [0.15, 0.2) is 0 Å². The van der Waals surface area contributed by atoms with Crippen LogP contribution >= 0.6 is 11.6 Å². The van der Waals surface area contributed by atoms with Crippen LogP contribution in [0, 0.1) is 11.8 Å². The molecule has 0 bridgehead atoms. The van der Waals surface area contributed by atoms with Gasteiger partial charge in [-0.3, -0.25) is 4.79 Å². The highest BCUT2D eigenvalue weighted by atomic mass is 35.5. The normalized spacial score (nSPS) is 8.93. The first-order valence-corrected chi connectivity index (χ1v) is 5.18. The van der Waals surface area contributed by atoms with E-state index >= 15 is 0 Å². The molecule has 0 heterocycles. The zero-order valence-electron chi connectivity index (χ0n) is 8.51. The molecule has 0 aromatic heterocycles. The van der Waals surface area contributed by atoms with Crippen molar-refractivity contribution in [2.24, 2.45) is 0 Å². The number of anilines is 1. The zero-order valence-corrected chi connectivity index (χ0v) is 9.27. The van der Waals surface area contributed by atoms with Gasteiger partial charge in [-0.1, -0.05) is 11.8 Å². The van der Waals surface area contributed by atoms with Crippen LogP contribution in [-0.4, -0.2) is 11.8 Å². The van der Waals surface area contributed by atoms with E-state index < -0.39 is 0 Å². The quantitative estimate of drug-likeness (QED) is 0.604. The van der Waals surface area contributed by atoms with Crippen LogP contribution in [0.25, 0.3) is 0 Å². The molecule has 0 saturated heterocycles. The van der Waals surface area contributed by atoms with Gasteiger partial charge in [-0.05, 0) is 24.3 Å². The second kappa shape index (κ2) is 6.10. The van der Waals surface area contributed by atoms with Crippen molar-refractivity contribution < 1.29 is 4.79 Å². The van der Waals surface area contributed by atoms with E-state index in [-0.39, 0.29) is 5.91 Å². The summed E-state index contributed by atoms with van der Waals surface area (Å²) in [5.74, 6) is 6.40. The van der Waals surface area contributed by atoms with Crippen LogP contribution in [0.4, 0.5) is 5.69 Å². The molecule has 1 N–H and O–H groups in total. The van der Waals surface area contributed by atoms with Gasteiger partial charge in [0.2, 0.25) is 5.91 Å². The first-order chi connectivity index (χ1) is 7.22. The molecule has 0 radical (unpaired) electrons. The van der Waals surface area contributed by atoms with Crippen molar-refractivity contribution in [3.05, 3.63) is 29.8 Å². The van der Waals surface area contributed by atoms with Crippen LogP contribution in [0.2, 0.25) is 0 Å². The summed E-state index contributed by atoms with van der Waals surface area (Å²) < 4.78 is 0. The van der Waals surface area contributed by atoms with Gasteiger partial charge in [-0.2, -0.15) is 0 Å². The van der Waals surface area contributed by atoms with E-state index in [0.29, 0.717) is 12.3 Å². The van der Waals surface area contributed by atoms with Gasteiger partial charge in [0.25, 0.3) is 0 Å². The van der Waals surface area contributed by atoms with Crippen molar-refractivity contribution >= 4 is 23.2 Å². The van der Waals surface area contributed by atoms with Crippen LogP contribution in [-0.2, 0) is 4.79 Å². The maximum absolute atomic E-state index is 10.8. The molecule has 0 spiro atoms. The van der Waals surface area contributed by atoms with E-state index in [1.54, 1.807) is 0 Å². The Morgan fingerprint density at radius 3 is 2.60 bits per heavy atom. The number of carbonyl (C=O) groups is 1. The number of alkyl halides is 1. The number of amides is 1. The molecule has 0 aliphatic rings. The molecular weight excluding hydrogens is 210 g/mol. The Morgan fingerprint density at radius 1 is 1.40 bits per heavy atom. The minimum atomic E-state index is -0.0732. The lowest BCUT2D eigenvalue weighted by Gasteiger charge is -2.00. The summed E-state index contributed by atoms with van der Waals surface area (Å²) in [6, 6.07) is 7.39. The summed E-state index contributed by atoms with van der Waals surface area (Å²) in [7, 11) is 0. The van der Waals surface area contributed by atoms with Crippen LogP contribution in [0.15, 0.2) is 24.3 Å². The summed E-state index contributed by atoms with van der Waals surface area (Å²) >= 11 is 5.50. The first-order valence-electron chi connectivity index (χ1n) is 4.65. The van der Waals surface area contributed by atoms with Gasteiger partial charge in [0, 0.05) is 30.5 Å². The highest BCUT2D eigenvalue weighted by Gasteiger charge is 1.93. The average Bonchev–Trinajstić information content (AvgIpc) is 2.20. The second-order valence-corrected chi connectivity index (χ2v) is 3.38. The smallest absolute Gasteiger partial charge is 0.221 e. The van der Waals surface area contributed by atoms with Crippen LogP contribution < -0.4 is 5.32 Å². The molecule has 0 aliphatic heterocycles. The standard InChI is InChI=1S/C12H12ClNO/c1-10(15)14-12-7-5-11(6-8-12)4-2-3-9-13/h5-8H,3,9H2,1H3,(H,14,15). The number of rotatable bonds is 2. The molecule has 1 amide bonds. The van der Waals surface area contributed by atoms with Crippen molar-refractivity contribution in [2.75, 3.05) is 11.2 Å². The Hall–Kier alpha value is -1.46. The highest BCUT2D eigenvalue weighted by Crippen LogP contribution is 2.08. The number of carbonyl (C=O) groups excluding carboxylic acids is 1. The monoisotopic (exact) mass is 221 g/mol. The maximum Gasteiger partial charge on any atom is 0.221 e. The average molecular weight is 222 g/mol. The largest absolute Gasteiger partial charge is 0.326 e. The van der Waals surface area contributed by atoms with E-state index in [1.807, 2.05) is 24.3 Å². The molecule has 15 heavy (non-hydrogen) atoms. The summed E-state index contributed by atoms with van der Waals surface area (Å²) in [6.45, 7) is 1.48. The third-order valence-corrected chi connectivity index (χ3v) is 1.85. The van der Waals surface area contributed by atoms with Gasteiger partial charge in [-0.25, -0.2) is 0 Å². The van der Waals surface area contributed by atoms with E-state index in [4.69, 9.17) is 11.6 Å². The van der Waals surface area contributed by atoms with Crippen LogP contribution in [0.1, 0.15) is 18.9 Å². The Labute approximate surface area is 94.6 Å². The van der Waals surface area contributed by atoms with Crippen molar-refractivity contribution in [1.29, 1.82) is 0 Å². The molecular formula is C12H12ClNO. The lowest BCUT2D eigenvalue weighted by Crippen LogP contribution is -2.05. The molecule has 0 atom stereocenters. The molecule has 2 nitrogen and oxygen atoms in total. The minimum absolute atomic E-state index is 0.0732. The fourth-order valence-corrected chi connectivity index (χ4v) is 1.15. The van der Waals surface area contributed by atoms with Gasteiger partial charge in [0.1, 0.15) is 0 Å². The molecule has 3 heteroatoms. The zero-order chi connectivity index (χ0) is 11.1. The van der Waals surface area contributed by atoms with Gasteiger partial charge in [0.05, 0.1) is 0 Å². The van der Waals surface area contributed by atoms with Crippen LogP contribution in [0.3, 0.4) is 0 Å². The summed E-state index contributed by atoms with van der Waals surface area (Å²) in [5, 5.41) is 2.69. The van der Waals surface area contributed by atoms with E-state index in [0.717, 1.165) is 11.3 Å². The van der Waals surface area contributed by atoms with Crippen LogP contribution in [0.5, 0.6) is 0 Å². The maximum atomic E-state index is 10.8. The number of hydrogen-bond donors (Lipinski definition) is 1. The molecule has 0 aliphatic carbocycles. The van der Waals surface area contributed by atoms with Crippen molar-refractivity contribution in [1.82, 2.24) is 0 Å². The Morgan fingerprint density at radius 2 is 2.07 bits per heavy atom. The molecule has 0 saturated carbocycles. The molecule has 0 unspecified atom stereocenters. The Kier molecular flexibility index (Phi) is 4.73. The first kappa shape index (κ1) is 11.6. The summed E-state index contributed by atoms with van der Waals surface area (Å²) in [5.41, 5.74) is 1.71. The third kappa shape index (κ3) is 4.53. The molecule has 1 aromatic carbocycles. The van der Waals surface area contributed by atoms with Crippen molar-refractivity contribution in [3.8, 4) is 11.8 Å². The van der Waals surface area contributed by atoms with Crippen molar-refractivity contribution in [3.63, 3.8) is 0 Å². The summed E-state index contributed by atoms with van der Waals surface area (Å²) in [4.78, 5) is 10.8. The number of benzene rings is 1. The Balaban J connectivity index is 2.65. The van der Waals surface area contributed by atoms with E-state index in [9.17, 15) is 4.79 Å². The predicted octanol–water partition coefficient (Wildman–Crippen LogP) is 2.63. The fraction of sp³-hybridized carbons (Fsp3) is 0.250. The fourth-order valence-electron chi connectivity index (χ4n) is 1.05. The number of nitrogens with one attached hydrogen (secondary N) is 1. The second-order valence-electron chi connectivity index (χ2n) is 3.00. The van der Waals surface area contributed by atoms with E-state index in [1.165, 1.54) is 6.92 Å². The van der Waals surface area contributed by atoms with Gasteiger partial charge >= 0.3 is 0 Å². The van der Waals surface area contributed by atoms with E-state index in [2.05, 4.69) is 17.2 Å². The predicted molar refractivity (Wildman–Crippen MR) is 63.0 cm³/mol. The third-order valence-electron chi connectivity index (χ3n) is 1.66. The molecule has 78 valence electrons. The molecule has 1 aromatic rings. The lowest BCUT2D eigenvalue weighted by molar-refractivity contribution is -0.114. The van der Waals surface area contributed by atoms with Crippen molar-refractivity contribution in [2.45, 2.75) is 13.3 Å². The minimum Gasteiger partial charge on any atom is -0.326 e. The number of halogens is 1. The van der Waals surface area contributed by atoms with Gasteiger partial charge in [-0.15, -0.1) is 11.6 Å². The topological polar surface area (TPSA) is 29.1 Å². The number of hydrogen-bond acceptors (Lipinski definition) is 1. The molecule has 1 rings (SSSR count). The summed E-state index contributed by atoms with van der Waals surface area (Å²) in [6.07, 6.45) is 0.689. The lowest BCUT2D eigenvalue weighted by atomic mass is 10.2. The Bertz CT molecular complexity index is 386. The molecule has 0 fully saturated rings.